The van der Waals surface area contributed by atoms with E-state index in [0.29, 0.717) is 0 Å². The van der Waals surface area contributed by atoms with Crippen LogP contribution >= 0.6 is 0 Å². The molecular weight excluding hydrogens is 224 g/mol. The van der Waals surface area contributed by atoms with Gasteiger partial charge in [0.25, 0.3) is 0 Å². The molecule has 0 aliphatic carbocycles. The fourth-order valence-corrected chi connectivity index (χ4v) is 1.68. The van der Waals surface area contributed by atoms with Crippen molar-refractivity contribution in [2.24, 2.45) is 0 Å². The second-order valence-electron chi connectivity index (χ2n) is 5.58. The summed E-state index contributed by atoms with van der Waals surface area (Å²) in [6.45, 7) is 10.1. The molecule has 0 saturated carbocycles. The van der Waals surface area contributed by atoms with Gasteiger partial charge in [-0.15, -0.1) is 0 Å². The fourth-order valence-electron chi connectivity index (χ4n) is 1.68. The van der Waals surface area contributed by atoms with E-state index in [-0.39, 0.29) is 11.4 Å². The van der Waals surface area contributed by atoms with E-state index >= 15 is 0 Å². The van der Waals surface area contributed by atoms with Crippen LogP contribution in [0.2, 0.25) is 0 Å². The molecule has 2 nitrogen and oxygen atoms in total. The number of rotatable bonds is 3. The van der Waals surface area contributed by atoms with Crippen molar-refractivity contribution in [1.29, 1.82) is 0 Å². The van der Waals surface area contributed by atoms with Crippen LogP contribution in [0.5, 0.6) is 0 Å². The third kappa shape index (κ3) is 4.36. The molecule has 1 rings (SSSR count). The van der Waals surface area contributed by atoms with Gasteiger partial charge in [0.1, 0.15) is 0 Å². The minimum atomic E-state index is -0.286. The number of carbonyl (C=O) groups excluding carboxylic acids is 1. The Morgan fingerprint density at radius 1 is 1.33 bits per heavy atom. The first kappa shape index (κ1) is 14.5. The molecule has 0 bridgehead atoms. The van der Waals surface area contributed by atoms with Crippen molar-refractivity contribution in [3.63, 3.8) is 0 Å². The number of carbonyl (C=O) groups is 1. The van der Waals surface area contributed by atoms with E-state index in [1.54, 1.807) is 0 Å². The fraction of sp³-hybridized carbons (Fsp3) is 0.438. The summed E-state index contributed by atoms with van der Waals surface area (Å²) in [4.78, 5) is 10.6. The molecule has 18 heavy (non-hydrogen) atoms. The third-order valence-electron chi connectivity index (χ3n) is 2.88. The molecule has 0 N–H and O–H groups in total. The molecule has 98 valence electrons. The van der Waals surface area contributed by atoms with Gasteiger partial charge < -0.3 is 4.74 Å². The summed E-state index contributed by atoms with van der Waals surface area (Å²) in [5, 5.41) is 0. The summed E-state index contributed by atoms with van der Waals surface area (Å²) >= 11 is 0. The standard InChI is InChI=1S/C16H22O2/c1-12-8-9-15(16(3,4)5)11-14(12)7-6-10-18-13(2)17/h6,8-11H,7H2,1-5H3/b10-6+. The molecule has 0 fully saturated rings. The summed E-state index contributed by atoms with van der Waals surface area (Å²) in [6.07, 6.45) is 4.12. The maximum Gasteiger partial charge on any atom is 0.307 e. The third-order valence-corrected chi connectivity index (χ3v) is 2.88. The first-order valence-electron chi connectivity index (χ1n) is 6.23. The number of allylic oxidation sites excluding steroid dienone is 1. The second-order valence-corrected chi connectivity index (χ2v) is 5.58. The number of hydrogen-bond acceptors (Lipinski definition) is 2. The minimum absolute atomic E-state index is 0.155. The van der Waals surface area contributed by atoms with Gasteiger partial charge in [0.15, 0.2) is 0 Å². The lowest BCUT2D eigenvalue weighted by molar-refractivity contribution is -0.135. The van der Waals surface area contributed by atoms with Gasteiger partial charge in [-0.3, -0.25) is 4.79 Å². The Kier molecular flexibility index (Phi) is 4.71. The Bertz CT molecular complexity index is 451. The van der Waals surface area contributed by atoms with Crippen LogP contribution in [0.1, 0.15) is 44.4 Å². The van der Waals surface area contributed by atoms with E-state index in [1.165, 1.54) is 29.9 Å². The minimum Gasteiger partial charge on any atom is -0.435 e. The Hall–Kier alpha value is -1.57. The topological polar surface area (TPSA) is 26.3 Å². The summed E-state index contributed by atoms with van der Waals surface area (Å²) in [5.41, 5.74) is 4.01. The number of benzene rings is 1. The van der Waals surface area contributed by atoms with Gasteiger partial charge in [-0.1, -0.05) is 39.0 Å². The van der Waals surface area contributed by atoms with Gasteiger partial charge in [-0.05, 0) is 41.5 Å². The predicted octanol–water partition coefficient (Wildman–Crippen LogP) is 3.91. The quantitative estimate of drug-likeness (QED) is 0.597. The van der Waals surface area contributed by atoms with Crippen molar-refractivity contribution in [1.82, 2.24) is 0 Å². The molecule has 0 aliphatic rings. The Morgan fingerprint density at radius 2 is 2.00 bits per heavy atom. The molecule has 0 unspecified atom stereocenters. The summed E-state index contributed by atoms with van der Waals surface area (Å²) in [6, 6.07) is 6.55. The van der Waals surface area contributed by atoms with Gasteiger partial charge in [0, 0.05) is 6.92 Å². The van der Waals surface area contributed by atoms with Crippen LogP contribution in [-0.4, -0.2) is 5.97 Å². The molecule has 2 heteroatoms. The zero-order valence-electron chi connectivity index (χ0n) is 11.9. The lowest BCUT2D eigenvalue weighted by atomic mass is 9.85. The number of hydrogen-bond donors (Lipinski definition) is 0. The van der Waals surface area contributed by atoms with E-state index in [4.69, 9.17) is 4.74 Å². The maximum atomic E-state index is 10.6. The van der Waals surface area contributed by atoms with Crippen molar-refractivity contribution in [3.8, 4) is 0 Å². The molecule has 0 radical (unpaired) electrons. The zero-order valence-corrected chi connectivity index (χ0v) is 11.9. The number of aryl methyl sites for hydroxylation is 1. The summed E-state index contributed by atoms with van der Waals surface area (Å²) in [7, 11) is 0. The van der Waals surface area contributed by atoms with Crippen molar-refractivity contribution < 1.29 is 9.53 Å². The van der Waals surface area contributed by atoms with Crippen molar-refractivity contribution >= 4 is 5.97 Å². The monoisotopic (exact) mass is 246 g/mol. The molecule has 0 heterocycles. The van der Waals surface area contributed by atoms with Crippen molar-refractivity contribution in [2.45, 2.75) is 46.5 Å². The summed E-state index contributed by atoms with van der Waals surface area (Å²) < 4.78 is 4.78. The molecule has 0 spiro atoms. The van der Waals surface area contributed by atoms with Gasteiger partial charge in [0.2, 0.25) is 0 Å². The Balaban J connectivity index is 2.82. The van der Waals surface area contributed by atoms with E-state index in [1.807, 2.05) is 6.08 Å². The van der Waals surface area contributed by atoms with Crippen LogP contribution in [-0.2, 0) is 21.4 Å². The molecule has 0 saturated heterocycles. The Labute approximate surface area is 110 Å². The molecule has 0 aliphatic heterocycles. The van der Waals surface area contributed by atoms with Crippen LogP contribution in [0.25, 0.3) is 0 Å². The normalized spacial score (nSPS) is 11.8. The highest BCUT2D eigenvalue weighted by Crippen LogP contribution is 2.24. The van der Waals surface area contributed by atoms with Crippen molar-refractivity contribution in [2.75, 3.05) is 0 Å². The first-order valence-corrected chi connectivity index (χ1v) is 6.23. The van der Waals surface area contributed by atoms with E-state index in [0.717, 1.165) is 6.42 Å². The molecule has 0 aromatic heterocycles. The average Bonchev–Trinajstić information content (AvgIpc) is 2.24. The van der Waals surface area contributed by atoms with E-state index in [9.17, 15) is 4.79 Å². The van der Waals surface area contributed by atoms with Crippen molar-refractivity contribution in [3.05, 3.63) is 47.2 Å². The molecular formula is C16H22O2. The molecule has 0 atom stereocenters. The van der Waals surface area contributed by atoms with Gasteiger partial charge in [-0.2, -0.15) is 0 Å². The predicted molar refractivity (Wildman–Crippen MR) is 74.5 cm³/mol. The van der Waals surface area contributed by atoms with Gasteiger partial charge in [-0.25, -0.2) is 0 Å². The molecule has 1 aromatic rings. The van der Waals surface area contributed by atoms with Crippen LogP contribution < -0.4 is 0 Å². The highest BCUT2D eigenvalue weighted by molar-refractivity contribution is 5.66. The van der Waals surface area contributed by atoms with Crippen LogP contribution in [0.4, 0.5) is 0 Å². The number of esters is 1. The van der Waals surface area contributed by atoms with Crippen LogP contribution in [0, 0.1) is 6.92 Å². The van der Waals surface area contributed by atoms with Crippen LogP contribution in [0.3, 0.4) is 0 Å². The second kappa shape index (κ2) is 5.85. The SMILES string of the molecule is CC(=O)O/C=C/Cc1cc(C(C)(C)C)ccc1C. The lowest BCUT2D eigenvalue weighted by Crippen LogP contribution is -2.11. The largest absolute Gasteiger partial charge is 0.435 e. The highest BCUT2D eigenvalue weighted by atomic mass is 16.5. The van der Waals surface area contributed by atoms with E-state index in [2.05, 4.69) is 45.9 Å². The highest BCUT2D eigenvalue weighted by Gasteiger charge is 2.14. The van der Waals surface area contributed by atoms with Gasteiger partial charge >= 0.3 is 5.97 Å². The maximum absolute atomic E-state index is 10.6. The number of ether oxygens (including phenoxy) is 1. The van der Waals surface area contributed by atoms with Gasteiger partial charge in [0.05, 0.1) is 6.26 Å². The smallest absolute Gasteiger partial charge is 0.307 e. The Morgan fingerprint density at radius 3 is 2.56 bits per heavy atom. The zero-order chi connectivity index (χ0) is 13.8. The molecule has 0 amide bonds. The summed E-state index contributed by atoms with van der Waals surface area (Å²) in [5.74, 6) is -0.286. The van der Waals surface area contributed by atoms with Crippen LogP contribution in [0.15, 0.2) is 30.5 Å². The average molecular weight is 246 g/mol. The molecule has 1 aromatic carbocycles. The first-order chi connectivity index (χ1) is 8.30. The lowest BCUT2D eigenvalue weighted by Gasteiger charge is -2.20. The van der Waals surface area contributed by atoms with E-state index < -0.39 is 0 Å².